The van der Waals surface area contributed by atoms with E-state index in [2.05, 4.69) is 27.7 Å². The maximum Gasteiger partial charge on any atom is 0.251 e. The summed E-state index contributed by atoms with van der Waals surface area (Å²) in [6.07, 6.45) is 2.40. The molecule has 1 aliphatic heterocycles. The molecule has 1 atom stereocenters. The minimum atomic E-state index is -0.236. The monoisotopic (exact) mass is 351 g/mol. The SMILES string of the molecule is O=C(CNC(=O)c1ccccc1)NCC(c1ccccc1)N1CCCC1. The van der Waals surface area contributed by atoms with E-state index in [0.29, 0.717) is 12.1 Å². The van der Waals surface area contributed by atoms with Crippen LogP contribution >= 0.6 is 0 Å². The van der Waals surface area contributed by atoms with Crippen LogP contribution in [0.5, 0.6) is 0 Å². The van der Waals surface area contributed by atoms with Gasteiger partial charge in [0.1, 0.15) is 0 Å². The first kappa shape index (κ1) is 18.1. The molecule has 2 amide bonds. The van der Waals surface area contributed by atoms with Crippen molar-refractivity contribution in [3.8, 4) is 0 Å². The maximum atomic E-state index is 12.2. The van der Waals surface area contributed by atoms with Crippen LogP contribution in [-0.4, -0.2) is 42.9 Å². The molecule has 1 aliphatic rings. The number of likely N-dealkylation sites (tertiary alicyclic amines) is 1. The lowest BCUT2D eigenvalue weighted by molar-refractivity contribution is -0.120. The summed E-state index contributed by atoms with van der Waals surface area (Å²) >= 11 is 0. The molecule has 3 rings (SSSR count). The summed E-state index contributed by atoms with van der Waals surface area (Å²) < 4.78 is 0. The molecule has 0 bridgehead atoms. The second-order valence-corrected chi connectivity index (χ2v) is 6.52. The first-order chi connectivity index (χ1) is 12.7. The van der Waals surface area contributed by atoms with E-state index >= 15 is 0 Å². The molecular formula is C21H25N3O2. The highest BCUT2D eigenvalue weighted by atomic mass is 16.2. The average molecular weight is 351 g/mol. The van der Waals surface area contributed by atoms with Crippen LogP contribution < -0.4 is 10.6 Å². The molecule has 2 N–H and O–H groups in total. The molecule has 1 unspecified atom stereocenters. The number of nitrogens with zero attached hydrogens (tertiary/aromatic N) is 1. The fourth-order valence-electron chi connectivity index (χ4n) is 3.31. The molecule has 26 heavy (non-hydrogen) atoms. The van der Waals surface area contributed by atoms with Crippen molar-refractivity contribution >= 4 is 11.8 Å². The third kappa shape index (κ3) is 4.92. The zero-order valence-electron chi connectivity index (χ0n) is 14.9. The van der Waals surface area contributed by atoms with E-state index in [0.717, 1.165) is 13.1 Å². The molecule has 5 heteroatoms. The van der Waals surface area contributed by atoms with Crippen molar-refractivity contribution in [3.63, 3.8) is 0 Å². The minimum absolute atomic E-state index is 0.0186. The fraction of sp³-hybridized carbons (Fsp3) is 0.333. The first-order valence-corrected chi connectivity index (χ1v) is 9.13. The maximum absolute atomic E-state index is 12.2. The zero-order chi connectivity index (χ0) is 18.2. The van der Waals surface area contributed by atoms with Gasteiger partial charge < -0.3 is 10.6 Å². The molecule has 0 radical (unpaired) electrons. The van der Waals surface area contributed by atoms with Crippen molar-refractivity contribution in [3.05, 3.63) is 71.8 Å². The Kier molecular flexibility index (Phi) is 6.39. The number of amides is 2. The lowest BCUT2D eigenvalue weighted by Crippen LogP contribution is -2.41. The van der Waals surface area contributed by atoms with E-state index in [1.54, 1.807) is 24.3 Å². The van der Waals surface area contributed by atoms with Crippen LogP contribution in [0.3, 0.4) is 0 Å². The fourth-order valence-corrected chi connectivity index (χ4v) is 3.31. The Morgan fingerprint density at radius 3 is 2.15 bits per heavy atom. The topological polar surface area (TPSA) is 61.4 Å². The predicted octanol–water partition coefficient (Wildman–Crippen LogP) is 2.37. The quantitative estimate of drug-likeness (QED) is 0.805. The second kappa shape index (κ2) is 9.15. The van der Waals surface area contributed by atoms with Crippen LogP contribution in [0.2, 0.25) is 0 Å². The Morgan fingerprint density at radius 2 is 1.50 bits per heavy atom. The zero-order valence-corrected chi connectivity index (χ0v) is 14.9. The molecule has 0 spiro atoms. The molecule has 2 aromatic carbocycles. The Morgan fingerprint density at radius 1 is 0.885 bits per heavy atom. The van der Waals surface area contributed by atoms with Crippen molar-refractivity contribution in [1.82, 2.24) is 15.5 Å². The largest absolute Gasteiger partial charge is 0.353 e. The molecule has 0 aliphatic carbocycles. The Hall–Kier alpha value is -2.66. The predicted molar refractivity (Wildman–Crippen MR) is 102 cm³/mol. The summed E-state index contributed by atoms with van der Waals surface area (Å²) in [6, 6.07) is 19.4. The van der Waals surface area contributed by atoms with Crippen molar-refractivity contribution < 1.29 is 9.59 Å². The number of hydrogen-bond acceptors (Lipinski definition) is 3. The average Bonchev–Trinajstić information content (AvgIpc) is 3.22. The van der Waals surface area contributed by atoms with Gasteiger partial charge in [-0.3, -0.25) is 14.5 Å². The summed E-state index contributed by atoms with van der Waals surface area (Å²) in [5, 5.41) is 5.64. The van der Waals surface area contributed by atoms with Crippen molar-refractivity contribution in [2.45, 2.75) is 18.9 Å². The van der Waals surface area contributed by atoms with Gasteiger partial charge in [0.15, 0.2) is 0 Å². The Balaban J connectivity index is 1.52. The van der Waals surface area contributed by atoms with Crippen LogP contribution in [0.15, 0.2) is 60.7 Å². The summed E-state index contributed by atoms with van der Waals surface area (Å²) in [5.41, 5.74) is 1.77. The second-order valence-electron chi connectivity index (χ2n) is 6.52. The lowest BCUT2D eigenvalue weighted by Gasteiger charge is -2.28. The minimum Gasteiger partial charge on any atom is -0.353 e. The third-order valence-electron chi connectivity index (χ3n) is 4.70. The van der Waals surface area contributed by atoms with E-state index in [1.807, 2.05) is 24.3 Å². The molecule has 136 valence electrons. The van der Waals surface area contributed by atoms with E-state index < -0.39 is 0 Å². The van der Waals surface area contributed by atoms with Gasteiger partial charge in [0, 0.05) is 12.1 Å². The van der Waals surface area contributed by atoms with Gasteiger partial charge in [-0.05, 0) is 43.6 Å². The van der Waals surface area contributed by atoms with Gasteiger partial charge in [0.05, 0.1) is 12.6 Å². The highest BCUT2D eigenvalue weighted by molar-refractivity contribution is 5.96. The number of carbonyl (C=O) groups is 2. The van der Waals surface area contributed by atoms with Crippen LogP contribution in [0, 0.1) is 0 Å². The van der Waals surface area contributed by atoms with Crippen LogP contribution in [-0.2, 0) is 4.79 Å². The molecule has 1 saturated heterocycles. The number of carbonyl (C=O) groups excluding carboxylic acids is 2. The number of nitrogens with one attached hydrogen (secondary N) is 2. The Bertz CT molecular complexity index is 713. The highest BCUT2D eigenvalue weighted by Crippen LogP contribution is 2.24. The van der Waals surface area contributed by atoms with Gasteiger partial charge >= 0.3 is 0 Å². The molecule has 2 aromatic rings. The molecular weight excluding hydrogens is 326 g/mol. The van der Waals surface area contributed by atoms with Gasteiger partial charge in [-0.1, -0.05) is 48.5 Å². The van der Waals surface area contributed by atoms with Crippen LogP contribution in [0.25, 0.3) is 0 Å². The molecule has 1 heterocycles. The van der Waals surface area contributed by atoms with Crippen molar-refractivity contribution in [1.29, 1.82) is 0 Å². The van der Waals surface area contributed by atoms with E-state index in [1.165, 1.54) is 18.4 Å². The highest BCUT2D eigenvalue weighted by Gasteiger charge is 2.23. The Labute approximate surface area is 154 Å². The van der Waals surface area contributed by atoms with E-state index in [9.17, 15) is 9.59 Å². The molecule has 0 aromatic heterocycles. The smallest absolute Gasteiger partial charge is 0.251 e. The van der Waals surface area contributed by atoms with Crippen LogP contribution in [0.1, 0.15) is 34.8 Å². The third-order valence-corrected chi connectivity index (χ3v) is 4.70. The standard InChI is InChI=1S/C21H25N3O2/c25-20(16-23-21(26)18-11-5-2-6-12-18)22-15-19(24-13-7-8-14-24)17-9-3-1-4-10-17/h1-6,9-12,19H,7-8,13-16H2,(H,22,25)(H,23,26). The van der Waals surface area contributed by atoms with Crippen molar-refractivity contribution in [2.75, 3.05) is 26.2 Å². The van der Waals surface area contributed by atoms with Crippen LogP contribution in [0.4, 0.5) is 0 Å². The van der Waals surface area contributed by atoms with E-state index in [4.69, 9.17) is 0 Å². The van der Waals surface area contributed by atoms with Gasteiger partial charge in [0.2, 0.25) is 5.91 Å². The molecule has 0 saturated carbocycles. The molecule has 5 nitrogen and oxygen atoms in total. The number of benzene rings is 2. The molecule has 1 fully saturated rings. The number of rotatable bonds is 7. The number of hydrogen-bond donors (Lipinski definition) is 2. The van der Waals surface area contributed by atoms with Crippen molar-refractivity contribution in [2.24, 2.45) is 0 Å². The summed E-state index contributed by atoms with van der Waals surface area (Å²) in [7, 11) is 0. The van der Waals surface area contributed by atoms with Gasteiger partial charge in [-0.25, -0.2) is 0 Å². The van der Waals surface area contributed by atoms with E-state index in [-0.39, 0.29) is 24.4 Å². The van der Waals surface area contributed by atoms with Gasteiger partial charge in [-0.2, -0.15) is 0 Å². The summed E-state index contributed by atoms with van der Waals surface area (Å²) in [5.74, 6) is -0.408. The summed E-state index contributed by atoms with van der Waals surface area (Å²) in [6.45, 7) is 2.64. The first-order valence-electron chi connectivity index (χ1n) is 9.13. The lowest BCUT2D eigenvalue weighted by atomic mass is 10.1. The van der Waals surface area contributed by atoms with Gasteiger partial charge in [-0.15, -0.1) is 0 Å². The van der Waals surface area contributed by atoms with Gasteiger partial charge in [0.25, 0.3) is 5.91 Å². The summed E-state index contributed by atoms with van der Waals surface area (Å²) in [4.78, 5) is 26.6. The normalized spacial score (nSPS) is 15.4.